The number of aliphatic hydroxyl groups is 1. The lowest BCUT2D eigenvalue weighted by Gasteiger charge is -2.24. The van der Waals surface area contributed by atoms with E-state index in [4.69, 9.17) is 0 Å². The van der Waals surface area contributed by atoms with E-state index < -0.39 is 5.60 Å². The molecule has 0 bridgehead atoms. The summed E-state index contributed by atoms with van der Waals surface area (Å²) < 4.78 is 13.1. The molecule has 1 aliphatic carbocycles. The summed E-state index contributed by atoms with van der Waals surface area (Å²) in [5, 5.41) is 9.55. The molecular formula is C11H17FO. The second-order valence-electron chi connectivity index (χ2n) is 4.41. The molecule has 0 saturated carbocycles. The van der Waals surface area contributed by atoms with Crippen molar-refractivity contribution in [2.45, 2.75) is 39.2 Å². The minimum absolute atomic E-state index is 0.138. The minimum Gasteiger partial charge on any atom is -0.390 e. The maximum atomic E-state index is 13.1. The summed E-state index contributed by atoms with van der Waals surface area (Å²) in [7, 11) is 0. The Labute approximate surface area is 79.0 Å². The van der Waals surface area contributed by atoms with Gasteiger partial charge >= 0.3 is 0 Å². The van der Waals surface area contributed by atoms with Crippen molar-refractivity contribution >= 4 is 0 Å². The van der Waals surface area contributed by atoms with Gasteiger partial charge in [-0.25, -0.2) is 4.39 Å². The number of allylic oxidation sites excluding steroid dienone is 4. The summed E-state index contributed by atoms with van der Waals surface area (Å²) in [6.07, 6.45) is 4.96. The third-order valence-electron chi connectivity index (χ3n) is 2.25. The van der Waals surface area contributed by atoms with E-state index in [1.807, 2.05) is 6.08 Å². The Hall–Kier alpha value is -0.630. The number of hydrogen-bond donors (Lipinski definition) is 1. The monoisotopic (exact) mass is 184 g/mol. The summed E-state index contributed by atoms with van der Waals surface area (Å²) in [4.78, 5) is 0. The summed E-state index contributed by atoms with van der Waals surface area (Å²) >= 11 is 0. The highest BCUT2D eigenvalue weighted by Crippen LogP contribution is 2.28. The Morgan fingerprint density at radius 2 is 2.23 bits per heavy atom. The summed E-state index contributed by atoms with van der Waals surface area (Å²) in [6.45, 7) is 5.28. The van der Waals surface area contributed by atoms with Crippen LogP contribution < -0.4 is 0 Å². The van der Waals surface area contributed by atoms with Gasteiger partial charge in [0.15, 0.2) is 0 Å². The Bertz CT molecular complexity index is 245. The van der Waals surface area contributed by atoms with Crippen molar-refractivity contribution in [3.05, 3.63) is 23.6 Å². The van der Waals surface area contributed by atoms with E-state index in [-0.39, 0.29) is 11.7 Å². The number of hydrogen-bond acceptors (Lipinski definition) is 1. The quantitative estimate of drug-likeness (QED) is 0.699. The highest BCUT2D eigenvalue weighted by atomic mass is 19.1. The predicted octanol–water partition coefficient (Wildman–Crippen LogP) is 2.97. The van der Waals surface area contributed by atoms with Gasteiger partial charge in [-0.15, -0.1) is 0 Å². The molecule has 1 rings (SSSR count). The van der Waals surface area contributed by atoms with Crippen molar-refractivity contribution in [1.29, 1.82) is 0 Å². The van der Waals surface area contributed by atoms with Crippen molar-refractivity contribution in [2.24, 2.45) is 5.92 Å². The molecule has 0 spiro atoms. The molecule has 0 aromatic heterocycles. The van der Waals surface area contributed by atoms with E-state index in [0.29, 0.717) is 12.0 Å². The lowest BCUT2D eigenvalue weighted by atomic mass is 9.87. The van der Waals surface area contributed by atoms with E-state index in [0.717, 1.165) is 6.42 Å². The molecule has 0 fully saturated rings. The minimum atomic E-state index is -0.708. The van der Waals surface area contributed by atoms with Crippen molar-refractivity contribution in [1.82, 2.24) is 0 Å². The normalized spacial score (nSPS) is 23.9. The molecule has 2 heteroatoms. The lowest BCUT2D eigenvalue weighted by Crippen LogP contribution is -2.23. The first-order valence-corrected chi connectivity index (χ1v) is 4.65. The third kappa shape index (κ3) is 3.31. The molecule has 1 nitrogen and oxygen atoms in total. The van der Waals surface area contributed by atoms with Crippen LogP contribution in [-0.2, 0) is 0 Å². The Balaban J connectivity index is 2.59. The molecular weight excluding hydrogens is 167 g/mol. The van der Waals surface area contributed by atoms with E-state index in [1.165, 1.54) is 0 Å². The largest absolute Gasteiger partial charge is 0.390 e. The molecule has 0 radical (unpaired) electrons. The second kappa shape index (κ2) is 3.62. The molecule has 0 amide bonds. The van der Waals surface area contributed by atoms with Crippen LogP contribution in [0.3, 0.4) is 0 Å². The molecule has 1 N–H and O–H groups in total. The van der Waals surface area contributed by atoms with Gasteiger partial charge in [0.2, 0.25) is 0 Å². The molecule has 74 valence electrons. The van der Waals surface area contributed by atoms with Crippen LogP contribution in [0.1, 0.15) is 33.6 Å². The van der Waals surface area contributed by atoms with Gasteiger partial charge in [0.05, 0.1) is 5.60 Å². The first-order chi connectivity index (χ1) is 5.88. The standard InChI is InChI=1S/C11H17FO/c1-8-4-5-9(6-10(8)12)7-11(2,3)13/h4,6,9,13H,5,7H2,1-3H3. The number of rotatable bonds is 2. The first-order valence-electron chi connectivity index (χ1n) is 4.65. The Kier molecular flexibility index (Phi) is 2.91. The van der Waals surface area contributed by atoms with E-state index in [9.17, 15) is 9.50 Å². The molecule has 0 aliphatic heterocycles. The summed E-state index contributed by atoms with van der Waals surface area (Å²) in [5.74, 6) is 0.00389. The van der Waals surface area contributed by atoms with Gasteiger partial charge in [0.25, 0.3) is 0 Å². The molecule has 1 atom stereocenters. The molecule has 0 heterocycles. The van der Waals surface area contributed by atoms with Crippen LogP contribution in [0.15, 0.2) is 23.6 Å². The topological polar surface area (TPSA) is 20.2 Å². The fourth-order valence-electron chi connectivity index (χ4n) is 1.62. The van der Waals surface area contributed by atoms with Crippen molar-refractivity contribution in [2.75, 3.05) is 0 Å². The van der Waals surface area contributed by atoms with Gasteiger partial charge in [0.1, 0.15) is 5.83 Å². The zero-order chi connectivity index (χ0) is 10.1. The van der Waals surface area contributed by atoms with Crippen LogP contribution in [0.5, 0.6) is 0 Å². The average molecular weight is 184 g/mol. The Morgan fingerprint density at radius 1 is 1.62 bits per heavy atom. The molecule has 0 aromatic rings. The van der Waals surface area contributed by atoms with Crippen LogP contribution >= 0.6 is 0 Å². The highest BCUT2D eigenvalue weighted by molar-refractivity contribution is 5.27. The van der Waals surface area contributed by atoms with Gasteiger partial charge in [-0.1, -0.05) is 6.08 Å². The molecule has 1 unspecified atom stereocenters. The molecule has 13 heavy (non-hydrogen) atoms. The fraction of sp³-hybridized carbons (Fsp3) is 0.636. The first kappa shape index (κ1) is 10.5. The van der Waals surface area contributed by atoms with Crippen LogP contribution in [0.2, 0.25) is 0 Å². The Morgan fingerprint density at radius 3 is 2.69 bits per heavy atom. The summed E-state index contributed by atoms with van der Waals surface area (Å²) in [5.41, 5.74) is 0.00700. The maximum Gasteiger partial charge on any atom is 0.122 e. The number of halogens is 1. The van der Waals surface area contributed by atoms with E-state index in [2.05, 4.69) is 0 Å². The van der Waals surface area contributed by atoms with E-state index in [1.54, 1.807) is 26.8 Å². The van der Waals surface area contributed by atoms with Crippen molar-refractivity contribution in [3.8, 4) is 0 Å². The zero-order valence-corrected chi connectivity index (χ0v) is 8.47. The third-order valence-corrected chi connectivity index (χ3v) is 2.25. The van der Waals surface area contributed by atoms with Gasteiger partial charge in [-0.05, 0) is 51.2 Å². The lowest BCUT2D eigenvalue weighted by molar-refractivity contribution is 0.0590. The second-order valence-corrected chi connectivity index (χ2v) is 4.41. The van der Waals surface area contributed by atoms with Crippen LogP contribution in [0, 0.1) is 5.92 Å². The van der Waals surface area contributed by atoms with Gasteiger partial charge in [-0.2, -0.15) is 0 Å². The van der Waals surface area contributed by atoms with Gasteiger partial charge < -0.3 is 5.11 Å². The van der Waals surface area contributed by atoms with Crippen molar-refractivity contribution < 1.29 is 9.50 Å². The van der Waals surface area contributed by atoms with Gasteiger partial charge in [-0.3, -0.25) is 0 Å². The van der Waals surface area contributed by atoms with Crippen LogP contribution in [-0.4, -0.2) is 10.7 Å². The average Bonchev–Trinajstić information content (AvgIpc) is 1.94. The predicted molar refractivity (Wildman–Crippen MR) is 52.0 cm³/mol. The van der Waals surface area contributed by atoms with E-state index >= 15 is 0 Å². The van der Waals surface area contributed by atoms with Crippen LogP contribution in [0.25, 0.3) is 0 Å². The molecule has 0 saturated heterocycles. The zero-order valence-electron chi connectivity index (χ0n) is 8.47. The summed E-state index contributed by atoms with van der Waals surface area (Å²) in [6, 6.07) is 0. The van der Waals surface area contributed by atoms with Crippen LogP contribution in [0.4, 0.5) is 4.39 Å². The van der Waals surface area contributed by atoms with Crippen molar-refractivity contribution in [3.63, 3.8) is 0 Å². The molecule has 1 aliphatic rings. The maximum absolute atomic E-state index is 13.1. The molecule has 0 aromatic carbocycles. The fourth-order valence-corrected chi connectivity index (χ4v) is 1.62. The highest BCUT2D eigenvalue weighted by Gasteiger charge is 2.21. The van der Waals surface area contributed by atoms with Gasteiger partial charge in [0, 0.05) is 0 Å². The smallest absolute Gasteiger partial charge is 0.122 e. The SMILES string of the molecule is CC1=CCC(CC(C)(C)O)C=C1F.